The van der Waals surface area contributed by atoms with E-state index in [1.165, 1.54) is 24.3 Å². The number of hydrogen-bond donors (Lipinski definition) is 4. The molecule has 0 saturated heterocycles. The summed E-state index contributed by atoms with van der Waals surface area (Å²) in [6.45, 7) is 0.402. The Hall–Kier alpha value is -4.05. The van der Waals surface area contributed by atoms with E-state index < -0.39 is 27.9 Å². The molecule has 4 aromatic carbocycles. The molecular formula is C29H25Cl2N3O5S. The Morgan fingerprint density at radius 1 is 0.800 bits per heavy atom. The van der Waals surface area contributed by atoms with Crippen molar-refractivity contribution in [2.45, 2.75) is 28.8 Å². The maximum absolute atomic E-state index is 13.1. The molecule has 8 nitrogen and oxygen atoms in total. The summed E-state index contributed by atoms with van der Waals surface area (Å²) in [5.41, 5.74) is 2.23. The quantitative estimate of drug-likeness (QED) is 0.171. The minimum absolute atomic E-state index is 0.00331. The largest absolute Gasteiger partial charge is 0.480 e. The number of carbonyl (C=O) groups excluding carboxylic acids is 1. The van der Waals surface area contributed by atoms with Crippen LogP contribution in [-0.2, 0) is 27.6 Å². The van der Waals surface area contributed by atoms with Crippen LogP contribution < -0.4 is 16.0 Å². The van der Waals surface area contributed by atoms with E-state index in [0.29, 0.717) is 22.2 Å². The van der Waals surface area contributed by atoms with Crippen LogP contribution in [0.2, 0.25) is 10.0 Å². The van der Waals surface area contributed by atoms with Gasteiger partial charge in [-0.15, -0.1) is 0 Å². The number of carbonyl (C=O) groups is 2. The van der Waals surface area contributed by atoms with E-state index in [9.17, 15) is 23.1 Å². The Balaban J connectivity index is 1.41. The number of halogens is 2. The van der Waals surface area contributed by atoms with Crippen molar-refractivity contribution in [3.8, 4) is 0 Å². The fourth-order valence-electron chi connectivity index (χ4n) is 3.93. The van der Waals surface area contributed by atoms with Crippen LogP contribution in [0.3, 0.4) is 0 Å². The Morgan fingerprint density at radius 2 is 1.43 bits per heavy atom. The Bertz CT molecular complexity index is 1590. The molecular weight excluding hydrogens is 573 g/mol. The lowest BCUT2D eigenvalue weighted by molar-refractivity contribution is -0.139. The molecule has 4 rings (SSSR count). The number of aliphatic carboxylic acids is 1. The first kappa shape index (κ1) is 28.9. The number of carboxylic acids is 1. The van der Waals surface area contributed by atoms with Gasteiger partial charge < -0.3 is 21.1 Å². The number of sulfone groups is 1. The monoisotopic (exact) mass is 597 g/mol. The van der Waals surface area contributed by atoms with E-state index in [0.717, 1.165) is 11.3 Å². The van der Waals surface area contributed by atoms with E-state index in [4.69, 9.17) is 23.2 Å². The predicted molar refractivity (Wildman–Crippen MR) is 156 cm³/mol. The first-order valence-electron chi connectivity index (χ1n) is 12.1. The highest BCUT2D eigenvalue weighted by atomic mass is 35.5. The Labute approximate surface area is 241 Å². The standard InChI is InChI=1S/C29H25Cl2N3O5S/c30-23-9-6-10-24(31)22(23)18-32-20-15-13-19(14-16-20)17-26(28(35)36)34-29(37)33-25-11-4-5-12-27(25)40(38,39)21-7-2-1-3-8-21/h1-16,26,32H,17-18H2,(H,35,36)(H2,33,34,37). The minimum Gasteiger partial charge on any atom is -0.480 e. The first-order valence-corrected chi connectivity index (χ1v) is 14.3. The molecule has 0 aliphatic carbocycles. The van der Waals surface area contributed by atoms with Crippen LogP contribution in [0.15, 0.2) is 107 Å². The van der Waals surface area contributed by atoms with Crippen molar-refractivity contribution in [3.05, 3.63) is 118 Å². The molecule has 206 valence electrons. The number of para-hydroxylation sites is 1. The highest BCUT2D eigenvalue weighted by Gasteiger charge is 2.24. The molecule has 4 N–H and O–H groups in total. The Morgan fingerprint density at radius 3 is 2.08 bits per heavy atom. The molecule has 0 aromatic heterocycles. The van der Waals surface area contributed by atoms with Crippen LogP contribution in [0.5, 0.6) is 0 Å². The normalized spacial score (nSPS) is 11.8. The third kappa shape index (κ3) is 7.12. The van der Waals surface area contributed by atoms with Crippen LogP contribution in [0.1, 0.15) is 11.1 Å². The lowest BCUT2D eigenvalue weighted by Crippen LogP contribution is -2.44. The smallest absolute Gasteiger partial charge is 0.326 e. The lowest BCUT2D eigenvalue weighted by Gasteiger charge is -2.17. The third-order valence-electron chi connectivity index (χ3n) is 6.01. The summed E-state index contributed by atoms with van der Waals surface area (Å²) in [6.07, 6.45) is 0.00331. The SMILES string of the molecule is O=C(Nc1ccccc1S(=O)(=O)c1ccccc1)NC(Cc1ccc(NCc2c(Cl)cccc2Cl)cc1)C(=O)O. The van der Waals surface area contributed by atoms with E-state index in [2.05, 4.69) is 16.0 Å². The number of urea groups is 1. The molecule has 0 fully saturated rings. The van der Waals surface area contributed by atoms with E-state index in [1.54, 1.807) is 72.8 Å². The maximum atomic E-state index is 13.1. The van der Waals surface area contributed by atoms with Gasteiger partial charge in [-0.3, -0.25) is 0 Å². The second kappa shape index (κ2) is 12.9. The minimum atomic E-state index is -3.92. The molecule has 40 heavy (non-hydrogen) atoms. The van der Waals surface area contributed by atoms with E-state index >= 15 is 0 Å². The van der Waals surface area contributed by atoms with Gasteiger partial charge >= 0.3 is 12.0 Å². The number of benzene rings is 4. The van der Waals surface area contributed by atoms with Crippen LogP contribution >= 0.6 is 23.2 Å². The molecule has 0 aliphatic heterocycles. The molecule has 2 amide bonds. The molecule has 0 radical (unpaired) electrons. The van der Waals surface area contributed by atoms with Gasteiger partial charge in [0.1, 0.15) is 6.04 Å². The number of hydrogen-bond acceptors (Lipinski definition) is 5. The maximum Gasteiger partial charge on any atom is 0.326 e. The number of carboxylic acid groups (broad SMARTS) is 1. The van der Waals surface area contributed by atoms with Gasteiger partial charge in [0.15, 0.2) is 0 Å². The van der Waals surface area contributed by atoms with Crippen LogP contribution in [0.4, 0.5) is 16.2 Å². The molecule has 1 unspecified atom stereocenters. The number of anilines is 2. The van der Waals surface area contributed by atoms with Gasteiger partial charge in [0.05, 0.1) is 15.5 Å². The second-order valence-electron chi connectivity index (χ2n) is 8.76. The first-order chi connectivity index (χ1) is 19.1. The van der Waals surface area contributed by atoms with Gasteiger partial charge in [-0.25, -0.2) is 18.0 Å². The summed E-state index contributed by atoms with van der Waals surface area (Å²) in [6, 6.07) is 24.0. The molecule has 0 spiro atoms. The molecule has 4 aromatic rings. The van der Waals surface area contributed by atoms with Crippen molar-refractivity contribution in [1.29, 1.82) is 0 Å². The molecule has 0 heterocycles. The summed E-state index contributed by atoms with van der Waals surface area (Å²) >= 11 is 12.4. The molecule has 0 saturated carbocycles. The van der Waals surface area contributed by atoms with Gasteiger partial charge in [-0.2, -0.15) is 0 Å². The molecule has 11 heteroatoms. The molecule has 1 atom stereocenters. The zero-order valence-electron chi connectivity index (χ0n) is 21.0. The van der Waals surface area contributed by atoms with Crippen LogP contribution in [-0.4, -0.2) is 31.6 Å². The van der Waals surface area contributed by atoms with Crippen molar-refractivity contribution in [2.75, 3.05) is 10.6 Å². The highest BCUT2D eigenvalue weighted by molar-refractivity contribution is 7.91. The van der Waals surface area contributed by atoms with Gasteiger partial charge in [-0.05, 0) is 54.1 Å². The lowest BCUT2D eigenvalue weighted by atomic mass is 10.1. The summed E-state index contributed by atoms with van der Waals surface area (Å²) in [5, 5.41) is 18.9. The second-order valence-corrected chi connectivity index (χ2v) is 11.5. The van der Waals surface area contributed by atoms with Gasteiger partial charge in [-0.1, -0.05) is 71.7 Å². The number of amides is 2. The summed E-state index contributed by atoms with van der Waals surface area (Å²) in [4.78, 5) is 24.6. The van der Waals surface area contributed by atoms with Crippen molar-refractivity contribution < 1.29 is 23.1 Å². The zero-order chi connectivity index (χ0) is 28.7. The van der Waals surface area contributed by atoms with Crippen LogP contribution in [0, 0.1) is 0 Å². The van der Waals surface area contributed by atoms with Gasteiger partial charge in [0.25, 0.3) is 0 Å². The molecule has 0 bridgehead atoms. The summed E-state index contributed by atoms with van der Waals surface area (Å²) in [7, 11) is -3.92. The summed E-state index contributed by atoms with van der Waals surface area (Å²) in [5.74, 6) is -1.24. The fourth-order valence-corrected chi connectivity index (χ4v) is 5.90. The van der Waals surface area contributed by atoms with Gasteiger partial charge in [0, 0.05) is 34.3 Å². The van der Waals surface area contributed by atoms with Crippen LogP contribution in [0.25, 0.3) is 0 Å². The van der Waals surface area contributed by atoms with E-state index in [1.807, 2.05) is 0 Å². The number of rotatable bonds is 10. The molecule has 0 aliphatic rings. The average Bonchev–Trinajstić information content (AvgIpc) is 2.94. The average molecular weight is 599 g/mol. The highest BCUT2D eigenvalue weighted by Crippen LogP contribution is 2.28. The van der Waals surface area contributed by atoms with Crippen molar-refractivity contribution in [1.82, 2.24) is 5.32 Å². The van der Waals surface area contributed by atoms with Gasteiger partial charge in [0.2, 0.25) is 9.84 Å². The third-order valence-corrected chi connectivity index (χ3v) is 8.54. The number of nitrogens with one attached hydrogen (secondary N) is 3. The topological polar surface area (TPSA) is 125 Å². The van der Waals surface area contributed by atoms with Crippen molar-refractivity contribution >= 4 is 56.4 Å². The Kier molecular flexibility index (Phi) is 9.31. The van der Waals surface area contributed by atoms with Crippen molar-refractivity contribution in [3.63, 3.8) is 0 Å². The van der Waals surface area contributed by atoms with Crippen molar-refractivity contribution in [2.24, 2.45) is 0 Å². The zero-order valence-corrected chi connectivity index (χ0v) is 23.3. The van der Waals surface area contributed by atoms with E-state index in [-0.39, 0.29) is 21.9 Å². The fraction of sp³-hybridized carbons (Fsp3) is 0.103. The summed E-state index contributed by atoms with van der Waals surface area (Å²) < 4.78 is 26.2. The predicted octanol–water partition coefficient (Wildman–Crippen LogP) is 6.26.